The monoisotopic (exact) mass is 261 g/mol. The molecule has 19 heavy (non-hydrogen) atoms. The summed E-state index contributed by atoms with van der Waals surface area (Å²) in [6, 6.07) is 7.28. The molecule has 0 fully saturated rings. The molecule has 1 aromatic carbocycles. The Balaban J connectivity index is 2.27. The summed E-state index contributed by atoms with van der Waals surface area (Å²) in [5.74, 6) is 1.80. The van der Waals surface area contributed by atoms with Gasteiger partial charge in [-0.3, -0.25) is 0 Å². The van der Waals surface area contributed by atoms with Crippen molar-refractivity contribution in [1.29, 1.82) is 0 Å². The SMILES string of the molecule is COc1cccc(Oc2nc(N)nc(N(C)C)n2)c1. The van der Waals surface area contributed by atoms with E-state index in [9.17, 15) is 0 Å². The number of rotatable bonds is 4. The molecule has 0 saturated heterocycles. The van der Waals surface area contributed by atoms with Crippen LogP contribution in [0.15, 0.2) is 24.3 Å². The Bertz CT molecular complexity index is 574. The number of benzene rings is 1. The Morgan fingerprint density at radius 1 is 1.11 bits per heavy atom. The van der Waals surface area contributed by atoms with E-state index in [0.717, 1.165) is 0 Å². The van der Waals surface area contributed by atoms with Gasteiger partial charge in [-0.1, -0.05) is 6.07 Å². The number of hydrogen-bond acceptors (Lipinski definition) is 7. The maximum absolute atomic E-state index is 5.61. The number of methoxy groups -OCH3 is 1. The second-order valence-corrected chi connectivity index (χ2v) is 3.95. The zero-order valence-corrected chi connectivity index (χ0v) is 11.0. The fourth-order valence-electron chi connectivity index (χ4n) is 1.38. The molecule has 0 aliphatic rings. The third-order valence-corrected chi connectivity index (χ3v) is 2.27. The molecule has 0 saturated carbocycles. The molecule has 1 aromatic heterocycles. The quantitative estimate of drug-likeness (QED) is 0.888. The van der Waals surface area contributed by atoms with Gasteiger partial charge in [-0.15, -0.1) is 0 Å². The summed E-state index contributed by atoms with van der Waals surface area (Å²) in [7, 11) is 5.21. The lowest BCUT2D eigenvalue weighted by molar-refractivity contribution is 0.404. The van der Waals surface area contributed by atoms with Gasteiger partial charge in [0.05, 0.1) is 7.11 Å². The van der Waals surface area contributed by atoms with E-state index in [1.165, 1.54) is 0 Å². The fraction of sp³-hybridized carbons (Fsp3) is 0.250. The van der Waals surface area contributed by atoms with Crippen LogP contribution in [0.25, 0.3) is 0 Å². The van der Waals surface area contributed by atoms with E-state index >= 15 is 0 Å². The zero-order valence-electron chi connectivity index (χ0n) is 11.0. The second kappa shape index (κ2) is 5.38. The Kier molecular flexibility index (Phi) is 3.65. The Labute approximate surface area is 111 Å². The van der Waals surface area contributed by atoms with Crippen molar-refractivity contribution in [1.82, 2.24) is 15.0 Å². The van der Waals surface area contributed by atoms with Crippen molar-refractivity contribution in [2.75, 3.05) is 31.8 Å². The fourth-order valence-corrected chi connectivity index (χ4v) is 1.38. The number of nitrogens with two attached hydrogens (primary N) is 1. The van der Waals surface area contributed by atoms with E-state index in [1.54, 1.807) is 24.1 Å². The van der Waals surface area contributed by atoms with Crippen LogP contribution in [0.3, 0.4) is 0 Å². The molecular weight excluding hydrogens is 246 g/mol. The zero-order chi connectivity index (χ0) is 13.8. The largest absolute Gasteiger partial charge is 0.497 e. The van der Waals surface area contributed by atoms with Gasteiger partial charge in [0.25, 0.3) is 0 Å². The van der Waals surface area contributed by atoms with Crippen molar-refractivity contribution in [2.45, 2.75) is 0 Å². The van der Waals surface area contributed by atoms with E-state index in [1.807, 2.05) is 26.2 Å². The minimum atomic E-state index is 0.108. The first-order chi connectivity index (χ1) is 9.08. The molecular formula is C12H15N5O2. The van der Waals surface area contributed by atoms with Gasteiger partial charge in [0.15, 0.2) is 0 Å². The van der Waals surface area contributed by atoms with Gasteiger partial charge in [0, 0.05) is 20.2 Å². The molecule has 0 bridgehead atoms. The van der Waals surface area contributed by atoms with Crippen LogP contribution >= 0.6 is 0 Å². The smallest absolute Gasteiger partial charge is 0.328 e. The summed E-state index contributed by atoms with van der Waals surface area (Å²) < 4.78 is 10.7. The van der Waals surface area contributed by atoms with Gasteiger partial charge < -0.3 is 20.1 Å². The van der Waals surface area contributed by atoms with Crippen LogP contribution < -0.4 is 20.1 Å². The van der Waals surface area contributed by atoms with Gasteiger partial charge in [0.2, 0.25) is 11.9 Å². The first kappa shape index (κ1) is 12.9. The van der Waals surface area contributed by atoms with Gasteiger partial charge in [0.1, 0.15) is 11.5 Å². The number of nitrogen functional groups attached to an aromatic ring is 1. The van der Waals surface area contributed by atoms with Crippen LogP contribution in [0.1, 0.15) is 0 Å². The standard InChI is InChI=1S/C12H15N5O2/c1-17(2)11-14-10(13)15-12(16-11)19-9-6-4-5-8(7-9)18-3/h4-7H,1-3H3,(H2,13,14,15,16). The minimum Gasteiger partial charge on any atom is -0.497 e. The molecule has 0 aliphatic heterocycles. The predicted octanol–water partition coefficient (Wildman–Crippen LogP) is 1.32. The van der Waals surface area contributed by atoms with Gasteiger partial charge >= 0.3 is 6.01 Å². The Morgan fingerprint density at radius 3 is 2.53 bits per heavy atom. The molecule has 0 atom stereocenters. The molecule has 2 aromatic rings. The van der Waals surface area contributed by atoms with E-state index in [0.29, 0.717) is 17.4 Å². The van der Waals surface area contributed by atoms with E-state index < -0.39 is 0 Å². The summed E-state index contributed by atoms with van der Waals surface area (Å²) in [5.41, 5.74) is 5.61. The summed E-state index contributed by atoms with van der Waals surface area (Å²) >= 11 is 0. The molecule has 1 heterocycles. The molecule has 0 aliphatic carbocycles. The maximum atomic E-state index is 5.61. The van der Waals surface area contributed by atoms with Crippen LogP contribution in [0.2, 0.25) is 0 Å². The molecule has 0 unspecified atom stereocenters. The highest BCUT2D eigenvalue weighted by molar-refractivity contribution is 5.37. The molecule has 0 spiro atoms. The molecule has 2 rings (SSSR count). The Hall–Kier alpha value is -2.57. The van der Waals surface area contributed by atoms with Crippen molar-refractivity contribution in [3.05, 3.63) is 24.3 Å². The molecule has 7 heteroatoms. The molecule has 0 amide bonds. The normalized spacial score (nSPS) is 10.1. The molecule has 100 valence electrons. The second-order valence-electron chi connectivity index (χ2n) is 3.95. The van der Waals surface area contributed by atoms with Crippen LogP contribution in [0, 0.1) is 0 Å². The lowest BCUT2D eigenvalue weighted by atomic mass is 10.3. The van der Waals surface area contributed by atoms with Crippen molar-refractivity contribution < 1.29 is 9.47 Å². The highest BCUT2D eigenvalue weighted by Gasteiger charge is 2.08. The number of aromatic nitrogens is 3. The topological polar surface area (TPSA) is 86.4 Å². The van der Waals surface area contributed by atoms with E-state index in [4.69, 9.17) is 15.2 Å². The highest BCUT2D eigenvalue weighted by Crippen LogP contribution is 2.23. The lowest BCUT2D eigenvalue weighted by Crippen LogP contribution is -2.15. The predicted molar refractivity (Wildman–Crippen MR) is 71.6 cm³/mol. The van der Waals surface area contributed by atoms with Gasteiger partial charge in [-0.2, -0.15) is 15.0 Å². The highest BCUT2D eigenvalue weighted by atomic mass is 16.5. The van der Waals surface area contributed by atoms with Crippen LogP contribution in [-0.4, -0.2) is 36.2 Å². The first-order valence-electron chi connectivity index (χ1n) is 5.59. The average Bonchev–Trinajstić information content (AvgIpc) is 2.38. The third-order valence-electron chi connectivity index (χ3n) is 2.27. The van der Waals surface area contributed by atoms with E-state index in [2.05, 4.69) is 15.0 Å². The Morgan fingerprint density at radius 2 is 1.84 bits per heavy atom. The van der Waals surface area contributed by atoms with Crippen molar-refractivity contribution in [3.63, 3.8) is 0 Å². The lowest BCUT2D eigenvalue weighted by Gasteiger charge is -2.11. The minimum absolute atomic E-state index is 0.108. The summed E-state index contributed by atoms with van der Waals surface area (Å²) in [5, 5.41) is 0. The molecule has 7 nitrogen and oxygen atoms in total. The molecule has 0 radical (unpaired) electrons. The average molecular weight is 261 g/mol. The van der Waals surface area contributed by atoms with E-state index in [-0.39, 0.29) is 12.0 Å². The van der Waals surface area contributed by atoms with Gasteiger partial charge in [-0.25, -0.2) is 0 Å². The summed E-state index contributed by atoms with van der Waals surface area (Å²) in [4.78, 5) is 13.8. The number of anilines is 2. The van der Waals surface area contributed by atoms with Crippen LogP contribution in [0.5, 0.6) is 17.5 Å². The number of nitrogens with zero attached hydrogens (tertiary/aromatic N) is 4. The van der Waals surface area contributed by atoms with Crippen molar-refractivity contribution >= 4 is 11.9 Å². The molecule has 2 N–H and O–H groups in total. The number of ether oxygens (including phenoxy) is 2. The number of hydrogen-bond donors (Lipinski definition) is 1. The van der Waals surface area contributed by atoms with Crippen LogP contribution in [0.4, 0.5) is 11.9 Å². The third kappa shape index (κ3) is 3.21. The van der Waals surface area contributed by atoms with Gasteiger partial charge in [-0.05, 0) is 12.1 Å². The van der Waals surface area contributed by atoms with Crippen molar-refractivity contribution in [3.8, 4) is 17.5 Å². The summed E-state index contributed by atoms with van der Waals surface area (Å²) in [6.07, 6.45) is 0. The first-order valence-corrected chi connectivity index (χ1v) is 5.59. The summed E-state index contributed by atoms with van der Waals surface area (Å²) in [6.45, 7) is 0. The van der Waals surface area contributed by atoms with Crippen molar-refractivity contribution in [2.24, 2.45) is 0 Å². The van der Waals surface area contributed by atoms with Crippen LogP contribution in [-0.2, 0) is 0 Å². The maximum Gasteiger partial charge on any atom is 0.328 e.